The SMILES string of the molecule is CCOC(=O)c1ccc(CCN2CCN(C)CC2)cc1. The Labute approximate surface area is 121 Å². The van der Waals surface area contributed by atoms with E-state index in [-0.39, 0.29) is 5.97 Å². The summed E-state index contributed by atoms with van der Waals surface area (Å²) in [6.45, 7) is 7.94. The summed E-state index contributed by atoms with van der Waals surface area (Å²) in [5.74, 6) is -0.238. The van der Waals surface area contributed by atoms with E-state index in [4.69, 9.17) is 4.74 Å². The van der Waals surface area contributed by atoms with Crippen molar-refractivity contribution >= 4 is 5.97 Å². The molecule has 1 aliphatic rings. The van der Waals surface area contributed by atoms with Crippen LogP contribution < -0.4 is 0 Å². The average molecular weight is 276 g/mol. The number of likely N-dealkylation sites (N-methyl/N-ethyl adjacent to an activating group) is 1. The molecule has 1 fully saturated rings. The van der Waals surface area contributed by atoms with E-state index in [1.165, 1.54) is 5.56 Å². The van der Waals surface area contributed by atoms with Gasteiger partial charge in [-0.3, -0.25) is 0 Å². The van der Waals surface area contributed by atoms with Crippen molar-refractivity contribution in [1.29, 1.82) is 0 Å². The van der Waals surface area contributed by atoms with E-state index in [0.29, 0.717) is 12.2 Å². The van der Waals surface area contributed by atoms with Crippen LogP contribution in [0.4, 0.5) is 0 Å². The molecule has 0 amide bonds. The second-order valence-corrected chi connectivity index (χ2v) is 5.31. The van der Waals surface area contributed by atoms with Gasteiger partial charge in [0, 0.05) is 32.7 Å². The molecule has 0 N–H and O–H groups in total. The van der Waals surface area contributed by atoms with E-state index in [0.717, 1.165) is 39.1 Å². The summed E-state index contributed by atoms with van der Waals surface area (Å²) < 4.78 is 4.98. The van der Waals surface area contributed by atoms with Gasteiger partial charge in [-0.15, -0.1) is 0 Å². The largest absolute Gasteiger partial charge is 0.462 e. The highest BCUT2D eigenvalue weighted by molar-refractivity contribution is 5.89. The second-order valence-electron chi connectivity index (χ2n) is 5.31. The maximum absolute atomic E-state index is 11.6. The Morgan fingerprint density at radius 1 is 1.15 bits per heavy atom. The molecule has 0 bridgehead atoms. The van der Waals surface area contributed by atoms with Crippen molar-refractivity contribution in [3.63, 3.8) is 0 Å². The standard InChI is InChI=1S/C16H24N2O2/c1-3-20-16(19)15-6-4-14(5-7-15)8-9-18-12-10-17(2)11-13-18/h4-7H,3,8-13H2,1-2H3. The van der Waals surface area contributed by atoms with Crippen LogP contribution >= 0.6 is 0 Å². The number of carbonyl (C=O) groups excluding carboxylic acids is 1. The van der Waals surface area contributed by atoms with Crippen LogP contribution in [0.1, 0.15) is 22.8 Å². The predicted molar refractivity (Wildman–Crippen MR) is 80.0 cm³/mol. The fraction of sp³-hybridized carbons (Fsp3) is 0.562. The normalized spacial score (nSPS) is 17.1. The highest BCUT2D eigenvalue weighted by Crippen LogP contribution is 2.08. The molecule has 0 atom stereocenters. The van der Waals surface area contributed by atoms with Gasteiger partial charge in [0.15, 0.2) is 0 Å². The third-order valence-corrected chi connectivity index (χ3v) is 3.78. The first kappa shape index (κ1) is 15.0. The lowest BCUT2D eigenvalue weighted by atomic mass is 10.1. The molecule has 0 radical (unpaired) electrons. The van der Waals surface area contributed by atoms with Crippen LogP contribution in [0.15, 0.2) is 24.3 Å². The highest BCUT2D eigenvalue weighted by atomic mass is 16.5. The number of esters is 1. The number of rotatable bonds is 5. The van der Waals surface area contributed by atoms with Crippen molar-refractivity contribution in [1.82, 2.24) is 9.80 Å². The molecule has 0 aromatic heterocycles. The van der Waals surface area contributed by atoms with Gasteiger partial charge in [0.25, 0.3) is 0 Å². The molecule has 1 aliphatic heterocycles. The molecule has 0 spiro atoms. The van der Waals surface area contributed by atoms with Gasteiger partial charge >= 0.3 is 5.97 Å². The van der Waals surface area contributed by atoms with Crippen molar-refractivity contribution in [2.75, 3.05) is 46.4 Å². The van der Waals surface area contributed by atoms with Gasteiger partial charge in [0.1, 0.15) is 0 Å². The molecular weight excluding hydrogens is 252 g/mol. The molecule has 0 unspecified atom stereocenters. The zero-order chi connectivity index (χ0) is 14.4. The van der Waals surface area contributed by atoms with E-state index in [2.05, 4.69) is 16.8 Å². The van der Waals surface area contributed by atoms with Crippen LogP contribution in [0, 0.1) is 0 Å². The Kier molecular flexibility index (Phi) is 5.56. The topological polar surface area (TPSA) is 32.8 Å². The summed E-state index contributed by atoms with van der Waals surface area (Å²) in [7, 11) is 2.17. The quantitative estimate of drug-likeness (QED) is 0.766. The first-order valence-corrected chi connectivity index (χ1v) is 7.36. The summed E-state index contributed by atoms with van der Waals surface area (Å²) in [5, 5.41) is 0. The van der Waals surface area contributed by atoms with Gasteiger partial charge in [-0.1, -0.05) is 12.1 Å². The molecule has 1 aromatic rings. The third-order valence-electron chi connectivity index (χ3n) is 3.78. The molecule has 4 nitrogen and oxygen atoms in total. The van der Waals surface area contributed by atoms with E-state index >= 15 is 0 Å². The lowest BCUT2D eigenvalue weighted by Crippen LogP contribution is -2.45. The van der Waals surface area contributed by atoms with Crippen LogP contribution in [0.2, 0.25) is 0 Å². The van der Waals surface area contributed by atoms with Crippen LogP contribution in [0.3, 0.4) is 0 Å². The maximum Gasteiger partial charge on any atom is 0.338 e. The summed E-state index contributed by atoms with van der Waals surface area (Å²) in [6.07, 6.45) is 1.03. The summed E-state index contributed by atoms with van der Waals surface area (Å²) in [4.78, 5) is 16.4. The molecule has 0 aliphatic carbocycles. The molecule has 2 rings (SSSR count). The van der Waals surface area contributed by atoms with Crippen molar-refractivity contribution in [3.05, 3.63) is 35.4 Å². The first-order chi connectivity index (χ1) is 9.69. The van der Waals surface area contributed by atoms with Gasteiger partial charge in [-0.2, -0.15) is 0 Å². The molecule has 1 saturated heterocycles. The van der Waals surface area contributed by atoms with Crippen molar-refractivity contribution in [2.45, 2.75) is 13.3 Å². The fourth-order valence-corrected chi connectivity index (χ4v) is 2.38. The number of hydrogen-bond acceptors (Lipinski definition) is 4. The molecule has 110 valence electrons. The Morgan fingerprint density at radius 3 is 2.40 bits per heavy atom. The Bertz CT molecular complexity index is 423. The monoisotopic (exact) mass is 276 g/mol. The van der Waals surface area contributed by atoms with Crippen molar-refractivity contribution in [3.8, 4) is 0 Å². The number of nitrogens with zero attached hydrogens (tertiary/aromatic N) is 2. The van der Waals surface area contributed by atoms with Crippen LogP contribution in [0.25, 0.3) is 0 Å². The minimum absolute atomic E-state index is 0.238. The summed E-state index contributed by atoms with van der Waals surface area (Å²) >= 11 is 0. The fourth-order valence-electron chi connectivity index (χ4n) is 2.38. The number of piperazine rings is 1. The zero-order valence-corrected chi connectivity index (χ0v) is 12.5. The number of ether oxygens (including phenoxy) is 1. The van der Waals surface area contributed by atoms with Crippen LogP contribution in [-0.4, -0.2) is 62.1 Å². The Hall–Kier alpha value is -1.39. The molecule has 20 heavy (non-hydrogen) atoms. The average Bonchev–Trinajstić information content (AvgIpc) is 2.47. The van der Waals surface area contributed by atoms with Gasteiger partial charge < -0.3 is 14.5 Å². The summed E-state index contributed by atoms with van der Waals surface area (Å²) in [5.41, 5.74) is 1.91. The van der Waals surface area contributed by atoms with E-state index in [1.807, 2.05) is 31.2 Å². The van der Waals surface area contributed by atoms with Gasteiger partial charge in [-0.05, 0) is 38.1 Å². The first-order valence-electron chi connectivity index (χ1n) is 7.36. The Morgan fingerprint density at radius 2 is 1.80 bits per heavy atom. The Balaban J connectivity index is 1.80. The van der Waals surface area contributed by atoms with E-state index in [1.54, 1.807) is 0 Å². The number of hydrogen-bond donors (Lipinski definition) is 0. The number of benzene rings is 1. The second kappa shape index (κ2) is 7.41. The minimum Gasteiger partial charge on any atom is -0.462 e. The van der Waals surface area contributed by atoms with Gasteiger partial charge in [0.05, 0.1) is 12.2 Å². The van der Waals surface area contributed by atoms with Gasteiger partial charge in [0.2, 0.25) is 0 Å². The van der Waals surface area contributed by atoms with Crippen molar-refractivity contribution in [2.24, 2.45) is 0 Å². The minimum atomic E-state index is -0.238. The smallest absolute Gasteiger partial charge is 0.338 e. The van der Waals surface area contributed by atoms with E-state index in [9.17, 15) is 4.79 Å². The third kappa shape index (κ3) is 4.32. The lowest BCUT2D eigenvalue weighted by molar-refractivity contribution is 0.0526. The number of carbonyl (C=O) groups is 1. The van der Waals surface area contributed by atoms with E-state index < -0.39 is 0 Å². The van der Waals surface area contributed by atoms with Crippen LogP contribution in [0.5, 0.6) is 0 Å². The molecule has 1 aromatic carbocycles. The molecule has 4 heteroatoms. The predicted octanol–water partition coefficient (Wildman–Crippen LogP) is 1.65. The summed E-state index contributed by atoms with van der Waals surface area (Å²) in [6, 6.07) is 7.78. The maximum atomic E-state index is 11.6. The molecule has 1 heterocycles. The highest BCUT2D eigenvalue weighted by Gasteiger charge is 2.13. The zero-order valence-electron chi connectivity index (χ0n) is 12.5. The van der Waals surface area contributed by atoms with Crippen molar-refractivity contribution < 1.29 is 9.53 Å². The molecular formula is C16H24N2O2. The van der Waals surface area contributed by atoms with Gasteiger partial charge in [-0.25, -0.2) is 4.79 Å². The lowest BCUT2D eigenvalue weighted by Gasteiger charge is -2.32. The molecule has 0 saturated carbocycles. The van der Waals surface area contributed by atoms with Crippen LogP contribution in [-0.2, 0) is 11.2 Å².